The third kappa shape index (κ3) is 9.81. The van der Waals surface area contributed by atoms with E-state index in [9.17, 15) is 14.4 Å². The Morgan fingerprint density at radius 3 is 2.20 bits per heavy atom. The molecule has 1 aliphatic rings. The maximum atomic E-state index is 12.8. The molecule has 44 heavy (non-hydrogen) atoms. The van der Waals surface area contributed by atoms with E-state index in [2.05, 4.69) is 30.9 Å². The predicted octanol–water partition coefficient (Wildman–Crippen LogP) is 5.23. The molecule has 1 aliphatic carbocycles. The van der Waals surface area contributed by atoms with E-state index in [-0.39, 0.29) is 25.1 Å². The van der Waals surface area contributed by atoms with Gasteiger partial charge in [-0.25, -0.2) is 24.5 Å². The SMILES string of the molecule is CC(C)(C)OC(=O)CC(NC(=O)OCc1ccccc1)n1cnc2c(NC3CCC(NC(=O)OC(C)(C)C)CC3)ncnc21. The van der Waals surface area contributed by atoms with Crippen LogP contribution < -0.4 is 16.0 Å². The molecule has 2 heterocycles. The molecule has 2 amide bonds. The summed E-state index contributed by atoms with van der Waals surface area (Å²) in [7, 11) is 0. The topological polar surface area (TPSA) is 159 Å². The zero-order valence-electron chi connectivity index (χ0n) is 26.3. The normalized spacial score (nSPS) is 17.8. The maximum absolute atomic E-state index is 12.8. The van der Waals surface area contributed by atoms with E-state index < -0.39 is 35.5 Å². The molecule has 13 nitrogen and oxygen atoms in total. The zero-order chi connectivity index (χ0) is 31.9. The molecule has 1 saturated carbocycles. The van der Waals surface area contributed by atoms with E-state index in [1.807, 2.05) is 51.1 Å². The summed E-state index contributed by atoms with van der Waals surface area (Å²) in [4.78, 5) is 51.2. The molecule has 0 radical (unpaired) electrons. The monoisotopic (exact) mass is 609 g/mol. The number of anilines is 1. The molecule has 2 aromatic heterocycles. The van der Waals surface area contributed by atoms with Crippen molar-refractivity contribution in [3.8, 4) is 0 Å². The van der Waals surface area contributed by atoms with E-state index in [1.165, 1.54) is 12.7 Å². The van der Waals surface area contributed by atoms with Crippen LogP contribution in [-0.4, -0.2) is 61.0 Å². The van der Waals surface area contributed by atoms with Crippen LogP contribution in [0.3, 0.4) is 0 Å². The summed E-state index contributed by atoms with van der Waals surface area (Å²) in [5, 5.41) is 9.19. The summed E-state index contributed by atoms with van der Waals surface area (Å²) < 4.78 is 17.9. The average Bonchev–Trinajstić information content (AvgIpc) is 3.36. The minimum absolute atomic E-state index is 0.0360. The molecule has 1 aromatic carbocycles. The van der Waals surface area contributed by atoms with Crippen LogP contribution in [0.2, 0.25) is 0 Å². The first kappa shape index (κ1) is 32.5. The number of rotatable bonds is 9. The zero-order valence-corrected chi connectivity index (χ0v) is 26.3. The lowest BCUT2D eigenvalue weighted by Crippen LogP contribution is -2.42. The Morgan fingerprint density at radius 2 is 1.55 bits per heavy atom. The number of imidazole rings is 1. The molecule has 3 aromatic rings. The summed E-state index contributed by atoms with van der Waals surface area (Å²) in [6.45, 7) is 10.9. The van der Waals surface area contributed by atoms with Gasteiger partial charge in [0.05, 0.1) is 12.7 Å². The highest BCUT2D eigenvalue weighted by Gasteiger charge is 2.28. The van der Waals surface area contributed by atoms with E-state index in [0.717, 1.165) is 31.2 Å². The lowest BCUT2D eigenvalue weighted by atomic mass is 9.91. The number of amides is 2. The fourth-order valence-corrected chi connectivity index (χ4v) is 4.90. The van der Waals surface area contributed by atoms with Gasteiger partial charge in [-0.15, -0.1) is 0 Å². The first-order valence-electron chi connectivity index (χ1n) is 14.9. The van der Waals surface area contributed by atoms with Gasteiger partial charge in [0.15, 0.2) is 11.5 Å². The molecule has 0 spiro atoms. The van der Waals surface area contributed by atoms with Gasteiger partial charge in [-0.2, -0.15) is 0 Å². The minimum atomic E-state index is -0.879. The van der Waals surface area contributed by atoms with Crippen molar-refractivity contribution in [3.05, 3.63) is 48.5 Å². The molecular formula is C31H43N7O6. The minimum Gasteiger partial charge on any atom is -0.460 e. The fourth-order valence-electron chi connectivity index (χ4n) is 4.90. The quantitative estimate of drug-likeness (QED) is 0.217. The largest absolute Gasteiger partial charge is 0.460 e. The summed E-state index contributed by atoms with van der Waals surface area (Å²) >= 11 is 0. The average molecular weight is 610 g/mol. The number of benzene rings is 1. The summed E-state index contributed by atoms with van der Waals surface area (Å²) in [6.07, 6.45) is 3.95. The van der Waals surface area contributed by atoms with Gasteiger partial charge in [0.1, 0.15) is 35.8 Å². The fraction of sp³-hybridized carbons (Fsp3) is 0.548. The predicted molar refractivity (Wildman–Crippen MR) is 164 cm³/mol. The van der Waals surface area contributed by atoms with Crippen LogP contribution in [0.4, 0.5) is 15.4 Å². The number of carbonyl (C=O) groups is 3. The van der Waals surface area contributed by atoms with Crippen molar-refractivity contribution in [3.63, 3.8) is 0 Å². The van der Waals surface area contributed by atoms with E-state index >= 15 is 0 Å². The second kappa shape index (κ2) is 13.9. The van der Waals surface area contributed by atoms with Crippen molar-refractivity contribution in [1.29, 1.82) is 0 Å². The Hall–Kier alpha value is -4.42. The number of alkyl carbamates (subject to hydrolysis) is 2. The summed E-state index contributed by atoms with van der Waals surface area (Å²) in [5.74, 6) is 0.0387. The summed E-state index contributed by atoms with van der Waals surface area (Å²) in [5.41, 5.74) is 0.508. The van der Waals surface area contributed by atoms with Crippen LogP contribution in [0.5, 0.6) is 0 Å². The highest BCUT2D eigenvalue weighted by molar-refractivity contribution is 5.83. The van der Waals surface area contributed by atoms with Gasteiger partial charge in [-0.1, -0.05) is 30.3 Å². The van der Waals surface area contributed by atoms with Gasteiger partial charge in [-0.05, 0) is 72.8 Å². The van der Waals surface area contributed by atoms with Gasteiger partial charge < -0.3 is 30.2 Å². The number of hydrogen-bond acceptors (Lipinski definition) is 10. The Kier molecular flexibility index (Phi) is 10.3. The molecule has 238 valence electrons. The van der Waals surface area contributed by atoms with Gasteiger partial charge in [0.2, 0.25) is 0 Å². The van der Waals surface area contributed by atoms with Gasteiger partial charge in [0, 0.05) is 12.1 Å². The van der Waals surface area contributed by atoms with E-state index in [0.29, 0.717) is 17.0 Å². The van der Waals surface area contributed by atoms with Gasteiger partial charge >= 0.3 is 18.2 Å². The number of carbonyl (C=O) groups excluding carboxylic acids is 3. The van der Waals surface area contributed by atoms with Crippen molar-refractivity contribution in [2.45, 2.75) is 110 Å². The number of nitrogens with zero attached hydrogens (tertiary/aromatic N) is 4. The van der Waals surface area contributed by atoms with E-state index in [4.69, 9.17) is 14.2 Å². The smallest absolute Gasteiger partial charge is 0.409 e. The van der Waals surface area contributed by atoms with Gasteiger partial charge in [0.25, 0.3) is 0 Å². The molecule has 3 N–H and O–H groups in total. The highest BCUT2D eigenvalue weighted by atomic mass is 16.6. The number of hydrogen-bond donors (Lipinski definition) is 3. The number of esters is 1. The standard InChI is InChI=1S/C31H43N7O6/c1-30(2,3)43-24(39)16-23(37-28(40)42-17-20-10-8-7-9-11-20)38-19-34-25-26(32-18-33-27(25)38)35-21-12-14-22(15-13-21)36-29(41)44-31(4,5)6/h7-11,18-19,21-23H,12-17H2,1-6H3,(H,36,41)(H,37,40)(H,32,33,35). The molecule has 13 heteroatoms. The molecule has 1 atom stereocenters. The van der Waals surface area contributed by atoms with Crippen molar-refractivity contribution in [1.82, 2.24) is 30.2 Å². The second-order valence-electron chi connectivity index (χ2n) is 12.9. The maximum Gasteiger partial charge on any atom is 0.409 e. The lowest BCUT2D eigenvalue weighted by Gasteiger charge is -2.30. The summed E-state index contributed by atoms with van der Waals surface area (Å²) in [6, 6.07) is 9.45. The third-order valence-corrected chi connectivity index (χ3v) is 6.76. The van der Waals surface area contributed by atoms with Gasteiger partial charge in [-0.3, -0.25) is 9.36 Å². The number of fused-ring (bicyclic) bond motifs is 1. The van der Waals surface area contributed by atoms with Crippen molar-refractivity contribution in [2.75, 3.05) is 5.32 Å². The number of nitrogens with one attached hydrogen (secondary N) is 3. The molecule has 0 saturated heterocycles. The molecule has 0 bridgehead atoms. The molecule has 4 rings (SSSR count). The van der Waals surface area contributed by atoms with Crippen LogP contribution in [0, 0.1) is 0 Å². The van der Waals surface area contributed by atoms with E-state index in [1.54, 1.807) is 25.3 Å². The van der Waals surface area contributed by atoms with Crippen LogP contribution >= 0.6 is 0 Å². The molecular weight excluding hydrogens is 566 g/mol. The Balaban J connectivity index is 1.44. The first-order chi connectivity index (χ1) is 20.8. The van der Waals surface area contributed by atoms with Crippen molar-refractivity contribution in [2.24, 2.45) is 0 Å². The molecule has 1 unspecified atom stereocenters. The van der Waals surface area contributed by atoms with Crippen LogP contribution in [-0.2, 0) is 25.6 Å². The van der Waals surface area contributed by atoms with Crippen LogP contribution in [0.15, 0.2) is 43.0 Å². The van der Waals surface area contributed by atoms with Crippen LogP contribution in [0.1, 0.15) is 85.4 Å². The van der Waals surface area contributed by atoms with Crippen LogP contribution in [0.25, 0.3) is 11.2 Å². The Morgan fingerprint density at radius 1 is 0.886 bits per heavy atom. The lowest BCUT2D eigenvalue weighted by molar-refractivity contribution is -0.155. The Labute approximate surface area is 257 Å². The van der Waals surface area contributed by atoms with Crippen molar-refractivity contribution >= 4 is 35.1 Å². The Bertz CT molecular complexity index is 1420. The second-order valence-corrected chi connectivity index (χ2v) is 12.9. The number of ether oxygens (including phenoxy) is 3. The van der Waals surface area contributed by atoms with Crippen molar-refractivity contribution < 1.29 is 28.6 Å². The third-order valence-electron chi connectivity index (χ3n) is 6.76. The first-order valence-corrected chi connectivity index (χ1v) is 14.9. The highest BCUT2D eigenvalue weighted by Crippen LogP contribution is 2.27. The molecule has 1 fully saturated rings. The number of aromatic nitrogens is 4. The molecule has 0 aliphatic heterocycles.